The number of aliphatic hydroxyl groups is 1. The van der Waals surface area contributed by atoms with Crippen LogP contribution in [0.5, 0.6) is 0 Å². The van der Waals surface area contributed by atoms with Crippen molar-refractivity contribution in [3.05, 3.63) is 22.8 Å². The fourth-order valence-corrected chi connectivity index (χ4v) is 1.48. The third-order valence-corrected chi connectivity index (χ3v) is 2.64. The van der Waals surface area contributed by atoms with Gasteiger partial charge in [0.1, 0.15) is 5.82 Å². The van der Waals surface area contributed by atoms with Crippen LogP contribution in [0.2, 0.25) is 5.02 Å². The van der Waals surface area contributed by atoms with Gasteiger partial charge in [-0.1, -0.05) is 11.6 Å². The molecule has 0 amide bonds. The van der Waals surface area contributed by atoms with E-state index < -0.39 is 0 Å². The molecule has 96 valence electrons. The minimum absolute atomic E-state index is 0.0462. The number of pyridine rings is 1. The Bertz CT molecular complexity index is 349. The second kappa shape index (κ2) is 7.45. The molecule has 5 nitrogen and oxygen atoms in total. The molecule has 1 heterocycles. The van der Waals surface area contributed by atoms with Gasteiger partial charge >= 0.3 is 0 Å². The zero-order valence-electron chi connectivity index (χ0n) is 9.94. The SMILES string of the molecule is COCC(CNc1cc(CO)c(Cl)cn1)OC. The van der Waals surface area contributed by atoms with Crippen LogP contribution in [0.1, 0.15) is 5.56 Å². The third kappa shape index (κ3) is 4.47. The Morgan fingerprint density at radius 3 is 2.88 bits per heavy atom. The van der Waals surface area contributed by atoms with Crippen LogP contribution in [0.25, 0.3) is 0 Å². The molecule has 1 atom stereocenters. The molecule has 2 N–H and O–H groups in total. The molecule has 1 rings (SSSR count). The van der Waals surface area contributed by atoms with Gasteiger partial charge in [0.2, 0.25) is 0 Å². The molecule has 1 aromatic heterocycles. The van der Waals surface area contributed by atoms with Crippen LogP contribution in [-0.4, -0.2) is 43.6 Å². The van der Waals surface area contributed by atoms with Crippen molar-refractivity contribution >= 4 is 17.4 Å². The van der Waals surface area contributed by atoms with Crippen LogP contribution in [0, 0.1) is 0 Å². The summed E-state index contributed by atoms with van der Waals surface area (Å²) in [5.41, 5.74) is 0.643. The van der Waals surface area contributed by atoms with Gasteiger partial charge in [-0.05, 0) is 6.07 Å². The number of methoxy groups -OCH3 is 2. The number of ether oxygens (including phenoxy) is 2. The summed E-state index contributed by atoms with van der Waals surface area (Å²) >= 11 is 5.84. The van der Waals surface area contributed by atoms with Gasteiger partial charge in [0.15, 0.2) is 0 Å². The molecule has 1 aromatic rings. The van der Waals surface area contributed by atoms with E-state index in [1.807, 2.05) is 0 Å². The maximum absolute atomic E-state index is 9.07. The van der Waals surface area contributed by atoms with Gasteiger partial charge in [0.05, 0.1) is 24.3 Å². The Morgan fingerprint density at radius 2 is 2.29 bits per heavy atom. The lowest BCUT2D eigenvalue weighted by atomic mass is 10.2. The number of hydrogen-bond donors (Lipinski definition) is 2. The van der Waals surface area contributed by atoms with Crippen LogP contribution in [-0.2, 0) is 16.1 Å². The normalized spacial score (nSPS) is 12.5. The summed E-state index contributed by atoms with van der Waals surface area (Å²) in [5.74, 6) is 0.650. The van der Waals surface area contributed by atoms with Crippen molar-refractivity contribution in [2.24, 2.45) is 0 Å². The van der Waals surface area contributed by atoms with E-state index in [-0.39, 0.29) is 12.7 Å². The number of aromatic nitrogens is 1. The molecule has 0 fully saturated rings. The summed E-state index contributed by atoms with van der Waals surface area (Å²) in [5, 5.41) is 12.6. The van der Waals surface area contributed by atoms with E-state index in [0.29, 0.717) is 29.6 Å². The number of anilines is 1. The highest BCUT2D eigenvalue weighted by Gasteiger charge is 2.08. The largest absolute Gasteiger partial charge is 0.392 e. The Kier molecular flexibility index (Phi) is 6.21. The van der Waals surface area contributed by atoms with E-state index in [1.54, 1.807) is 20.3 Å². The molecule has 1 unspecified atom stereocenters. The van der Waals surface area contributed by atoms with Crippen LogP contribution >= 0.6 is 11.6 Å². The number of halogens is 1. The van der Waals surface area contributed by atoms with E-state index in [1.165, 1.54) is 6.20 Å². The van der Waals surface area contributed by atoms with Crippen LogP contribution < -0.4 is 5.32 Å². The molecule has 6 heteroatoms. The molecule has 17 heavy (non-hydrogen) atoms. The zero-order valence-corrected chi connectivity index (χ0v) is 10.7. The van der Waals surface area contributed by atoms with Gasteiger partial charge in [0.25, 0.3) is 0 Å². The van der Waals surface area contributed by atoms with Crippen molar-refractivity contribution in [3.63, 3.8) is 0 Å². The van der Waals surface area contributed by atoms with E-state index in [2.05, 4.69) is 10.3 Å². The maximum Gasteiger partial charge on any atom is 0.126 e. The van der Waals surface area contributed by atoms with E-state index in [4.69, 9.17) is 26.2 Å². The topological polar surface area (TPSA) is 63.6 Å². The first kappa shape index (κ1) is 14.2. The molecule has 0 aliphatic rings. The average molecular weight is 261 g/mol. The van der Waals surface area contributed by atoms with Crippen LogP contribution in [0.4, 0.5) is 5.82 Å². The number of nitrogens with zero attached hydrogens (tertiary/aromatic N) is 1. The third-order valence-electron chi connectivity index (χ3n) is 2.30. The van der Waals surface area contributed by atoms with Gasteiger partial charge in [-0.15, -0.1) is 0 Å². The highest BCUT2D eigenvalue weighted by Crippen LogP contribution is 2.17. The molecular formula is C11H17ClN2O3. The molecule has 0 radical (unpaired) electrons. The van der Waals surface area contributed by atoms with Crippen LogP contribution in [0.3, 0.4) is 0 Å². The van der Waals surface area contributed by atoms with E-state index in [0.717, 1.165) is 0 Å². The highest BCUT2D eigenvalue weighted by atomic mass is 35.5. The summed E-state index contributed by atoms with van der Waals surface area (Å²) in [4.78, 5) is 4.10. The standard InChI is InChI=1S/C11H17ClN2O3/c1-16-7-9(17-2)4-13-11-3-8(6-15)10(12)5-14-11/h3,5,9,15H,4,6-7H2,1-2H3,(H,13,14). The van der Waals surface area contributed by atoms with Gasteiger partial charge in [-0.2, -0.15) is 0 Å². The van der Waals surface area contributed by atoms with Crippen molar-refractivity contribution in [2.75, 3.05) is 32.7 Å². The second-order valence-corrected chi connectivity index (χ2v) is 3.92. The van der Waals surface area contributed by atoms with Crippen molar-refractivity contribution in [1.29, 1.82) is 0 Å². The lowest BCUT2D eigenvalue weighted by Gasteiger charge is -2.15. The molecule has 0 bridgehead atoms. The minimum Gasteiger partial charge on any atom is -0.392 e. The van der Waals surface area contributed by atoms with Crippen LogP contribution in [0.15, 0.2) is 12.3 Å². The molecule has 0 aliphatic heterocycles. The van der Waals surface area contributed by atoms with E-state index >= 15 is 0 Å². The molecule has 0 saturated carbocycles. The first-order chi connectivity index (χ1) is 8.21. The van der Waals surface area contributed by atoms with Gasteiger partial charge in [-0.25, -0.2) is 4.98 Å². The fraction of sp³-hybridized carbons (Fsp3) is 0.545. The monoisotopic (exact) mass is 260 g/mol. The molecule has 0 saturated heterocycles. The summed E-state index contributed by atoms with van der Waals surface area (Å²) in [7, 11) is 3.25. The fourth-order valence-electron chi connectivity index (χ4n) is 1.31. The number of rotatable bonds is 7. The molecular weight excluding hydrogens is 244 g/mol. The summed E-state index contributed by atoms with van der Waals surface area (Å²) < 4.78 is 10.2. The Hall–Kier alpha value is -0.880. The van der Waals surface area contributed by atoms with Crippen molar-refractivity contribution in [2.45, 2.75) is 12.7 Å². The van der Waals surface area contributed by atoms with Crippen molar-refractivity contribution in [1.82, 2.24) is 4.98 Å². The zero-order chi connectivity index (χ0) is 12.7. The first-order valence-corrected chi connectivity index (χ1v) is 5.60. The predicted molar refractivity (Wildman–Crippen MR) is 66.3 cm³/mol. The first-order valence-electron chi connectivity index (χ1n) is 5.22. The quantitative estimate of drug-likeness (QED) is 0.774. The lowest BCUT2D eigenvalue weighted by Crippen LogP contribution is -2.26. The lowest BCUT2D eigenvalue weighted by molar-refractivity contribution is 0.0365. The average Bonchev–Trinajstić information content (AvgIpc) is 2.36. The smallest absolute Gasteiger partial charge is 0.126 e. The number of nitrogens with one attached hydrogen (secondary N) is 1. The predicted octanol–water partition coefficient (Wildman–Crippen LogP) is 1.30. The summed E-state index contributed by atoms with van der Waals surface area (Å²) in [6.07, 6.45) is 1.46. The molecule has 0 aromatic carbocycles. The molecule has 0 spiro atoms. The second-order valence-electron chi connectivity index (χ2n) is 3.51. The number of aliphatic hydroxyl groups excluding tert-OH is 1. The highest BCUT2D eigenvalue weighted by molar-refractivity contribution is 6.31. The summed E-state index contributed by atoms with van der Waals surface area (Å²) in [6, 6.07) is 1.71. The summed E-state index contributed by atoms with van der Waals surface area (Å²) in [6.45, 7) is 0.968. The van der Waals surface area contributed by atoms with Crippen molar-refractivity contribution < 1.29 is 14.6 Å². The Morgan fingerprint density at radius 1 is 1.53 bits per heavy atom. The minimum atomic E-state index is -0.109. The maximum atomic E-state index is 9.07. The van der Waals surface area contributed by atoms with Gasteiger partial charge < -0.3 is 19.9 Å². The number of hydrogen-bond acceptors (Lipinski definition) is 5. The van der Waals surface area contributed by atoms with Gasteiger partial charge in [-0.3, -0.25) is 0 Å². The molecule has 0 aliphatic carbocycles. The van der Waals surface area contributed by atoms with Crippen molar-refractivity contribution in [3.8, 4) is 0 Å². The Labute approximate surface area is 106 Å². The van der Waals surface area contributed by atoms with Gasteiger partial charge in [0, 0.05) is 32.5 Å². The Balaban J connectivity index is 2.56. The van der Waals surface area contributed by atoms with E-state index in [9.17, 15) is 0 Å².